The van der Waals surface area contributed by atoms with Gasteiger partial charge in [-0.05, 0) is 43.4 Å². The van der Waals surface area contributed by atoms with E-state index < -0.39 is 0 Å². The normalized spacial score (nSPS) is 26.5. The Morgan fingerprint density at radius 3 is 2.62 bits per heavy atom. The Bertz CT molecular complexity index is 532. The molecule has 0 radical (unpaired) electrons. The summed E-state index contributed by atoms with van der Waals surface area (Å²) in [6, 6.07) is 5.95. The van der Waals surface area contributed by atoms with Gasteiger partial charge in [-0.1, -0.05) is 18.9 Å². The molecule has 3 rings (SSSR count). The molecule has 0 aromatic heterocycles. The van der Waals surface area contributed by atoms with E-state index >= 15 is 0 Å². The van der Waals surface area contributed by atoms with Gasteiger partial charge in [0.1, 0.15) is 0 Å². The highest BCUT2D eigenvalue weighted by atomic mass is 19.1. The lowest BCUT2D eigenvalue weighted by Crippen LogP contribution is -2.51. The third-order valence-corrected chi connectivity index (χ3v) is 5.50. The zero-order valence-corrected chi connectivity index (χ0v) is 14.5. The van der Waals surface area contributed by atoms with Gasteiger partial charge >= 0.3 is 0 Å². The molecule has 24 heavy (non-hydrogen) atoms. The molecule has 1 aliphatic carbocycles. The van der Waals surface area contributed by atoms with E-state index in [-0.39, 0.29) is 17.7 Å². The highest BCUT2D eigenvalue weighted by Gasteiger charge is 2.31. The summed E-state index contributed by atoms with van der Waals surface area (Å²) >= 11 is 0. The summed E-state index contributed by atoms with van der Waals surface area (Å²) in [5.41, 5.74) is 0.943. The number of benzene rings is 1. The molecular formula is C19H29FN2O2. The quantitative estimate of drug-likeness (QED) is 0.868. The molecule has 5 heteroatoms. The number of hydrogen-bond acceptors (Lipinski definition) is 4. The highest BCUT2D eigenvalue weighted by molar-refractivity contribution is 5.29. The number of likely N-dealkylation sites (tertiary alicyclic amines) is 1. The summed E-state index contributed by atoms with van der Waals surface area (Å²) in [4.78, 5) is 2.47. The summed E-state index contributed by atoms with van der Waals surface area (Å²) in [6.07, 6.45) is 6.50. The van der Waals surface area contributed by atoms with Crippen LogP contribution in [0.15, 0.2) is 18.2 Å². The van der Waals surface area contributed by atoms with Crippen LogP contribution in [0, 0.1) is 5.82 Å². The van der Waals surface area contributed by atoms with E-state index in [4.69, 9.17) is 4.74 Å². The number of piperidine rings is 1. The standard InChI is InChI=1S/C19H29FN2O2/c1-24-19-7-6-14(12-16(19)20)13-21-15-8-10-22(11-9-15)17-4-2-3-5-18(17)23/h6-7,12,15,17-18,21,23H,2-5,8-11,13H2,1H3. The van der Waals surface area contributed by atoms with Gasteiger partial charge in [0.25, 0.3) is 0 Å². The van der Waals surface area contributed by atoms with Crippen LogP contribution < -0.4 is 10.1 Å². The SMILES string of the molecule is COc1ccc(CNC2CCN(C3CCCCC3O)CC2)cc1F. The largest absolute Gasteiger partial charge is 0.494 e. The maximum absolute atomic E-state index is 13.7. The number of rotatable bonds is 5. The van der Waals surface area contributed by atoms with Gasteiger partial charge in [0.05, 0.1) is 13.2 Å². The van der Waals surface area contributed by atoms with Gasteiger partial charge in [0, 0.05) is 31.7 Å². The Hall–Kier alpha value is -1.17. The van der Waals surface area contributed by atoms with Crippen molar-refractivity contribution in [1.29, 1.82) is 0 Å². The smallest absolute Gasteiger partial charge is 0.165 e. The van der Waals surface area contributed by atoms with Crippen LogP contribution in [-0.2, 0) is 6.54 Å². The zero-order valence-electron chi connectivity index (χ0n) is 14.5. The molecule has 0 spiro atoms. The Labute approximate surface area is 144 Å². The van der Waals surface area contributed by atoms with Crippen LogP contribution in [0.4, 0.5) is 4.39 Å². The monoisotopic (exact) mass is 336 g/mol. The molecule has 1 aliphatic heterocycles. The van der Waals surface area contributed by atoms with Crippen LogP contribution in [0.5, 0.6) is 5.75 Å². The Morgan fingerprint density at radius 2 is 1.96 bits per heavy atom. The second-order valence-corrected chi connectivity index (χ2v) is 7.08. The molecule has 4 nitrogen and oxygen atoms in total. The summed E-state index contributed by atoms with van der Waals surface area (Å²) in [5, 5.41) is 13.7. The van der Waals surface area contributed by atoms with Gasteiger partial charge in [-0.3, -0.25) is 4.90 Å². The second-order valence-electron chi connectivity index (χ2n) is 7.08. The minimum atomic E-state index is -0.307. The minimum Gasteiger partial charge on any atom is -0.494 e. The average molecular weight is 336 g/mol. The molecule has 2 aliphatic rings. The number of ether oxygens (including phenoxy) is 1. The summed E-state index contributed by atoms with van der Waals surface area (Å²) in [5.74, 6) is -0.0176. The molecule has 0 amide bonds. The lowest BCUT2D eigenvalue weighted by Gasteiger charge is -2.41. The lowest BCUT2D eigenvalue weighted by atomic mass is 9.89. The Balaban J connectivity index is 1.44. The first-order valence-corrected chi connectivity index (χ1v) is 9.15. The van der Waals surface area contributed by atoms with Gasteiger partial charge < -0.3 is 15.2 Å². The molecule has 1 aromatic rings. The van der Waals surface area contributed by atoms with Gasteiger partial charge in [-0.15, -0.1) is 0 Å². The Morgan fingerprint density at radius 1 is 1.21 bits per heavy atom. The highest BCUT2D eigenvalue weighted by Crippen LogP contribution is 2.26. The fourth-order valence-electron chi connectivity index (χ4n) is 4.03. The van der Waals surface area contributed by atoms with E-state index in [0.717, 1.165) is 50.8 Å². The van der Waals surface area contributed by atoms with Crippen molar-refractivity contribution in [3.63, 3.8) is 0 Å². The van der Waals surface area contributed by atoms with Crippen molar-refractivity contribution in [1.82, 2.24) is 10.2 Å². The van der Waals surface area contributed by atoms with Crippen LogP contribution in [0.2, 0.25) is 0 Å². The number of methoxy groups -OCH3 is 1. The number of nitrogens with zero attached hydrogens (tertiary/aromatic N) is 1. The molecule has 1 saturated carbocycles. The van der Waals surface area contributed by atoms with E-state index in [1.54, 1.807) is 12.1 Å². The summed E-state index contributed by atoms with van der Waals surface area (Å²) < 4.78 is 18.7. The summed E-state index contributed by atoms with van der Waals surface area (Å²) in [7, 11) is 1.48. The molecule has 2 atom stereocenters. The predicted molar refractivity (Wildman–Crippen MR) is 92.6 cm³/mol. The van der Waals surface area contributed by atoms with Crippen molar-refractivity contribution in [3.05, 3.63) is 29.6 Å². The maximum Gasteiger partial charge on any atom is 0.165 e. The number of aliphatic hydroxyl groups is 1. The van der Waals surface area contributed by atoms with Crippen molar-refractivity contribution in [2.45, 2.75) is 63.3 Å². The predicted octanol–water partition coefficient (Wildman–Crippen LogP) is 2.69. The third-order valence-electron chi connectivity index (χ3n) is 5.50. The fourth-order valence-corrected chi connectivity index (χ4v) is 4.03. The van der Waals surface area contributed by atoms with Crippen LogP contribution in [-0.4, -0.2) is 48.4 Å². The van der Waals surface area contributed by atoms with Gasteiger partial charge in [-0.2, -0.15) is 0 Å². The van der Waals surface area contributed by atoms with Gasteiger partial charge in [0.15, 0.2) is 11.6 Å². The molecule has 0 bridgehead atoms. The summed E-state index contributed by atoms with van der Waals surface area (Å²) in [6.45, 7) is 2.75. The third kappa shape index (κ3) is 4.26. The molecule has 2 N–H and O–H groups in total. The first-order chi connectivity index (χ1) is 11.7. The number of hydrogen-bond donors (Lipinski definition) is 2. The molecule has 134 valence electrons. The Kier molecular flexibility index (Phi) is 6.09. The molecule has 1 aromatic carbocycles. The van der Waals surface area contributed by atoms with Crippen molar-refractivity contribution in [3.8, 4) is 5.75 Å². The average Bonchev–Trinajstić information content (AvgIpc) is 2.61. The minimum absolute atomic E-state index is 0.148. The van der Waals surface area contributed by atoms with E-state index in [1.165, 1.54) is 13.5 Å². The van der Waals surface area contributed by atoms with Crippen LogP contribution >= 0.6 is 0 Å². The molecule has 1 saturated heterocycles. The number of nitrogens with one attached hydrogen (secondary N) is 1. The topological polar surface area (TPSA) is 44.7 Å². The lowest BCUT2D eigenvalue weighted by molar-refractivity contribution is 0.00714. The van der Waals surface area contributed by atoms with Crippen molar-refractivity contribution < 1.29 is 14.2 Å². The van der Waals surface area contributed by atoms with Crippen molar-refractivity contribution in [2.24, 2.45) is 0 Å². The van der Waals surface area contributed by atoms with Crippen LogP contribution in [0.3, 0.4) is 0 Å². The maximum atomic E-state index is 13.7. The number of halogens is 1. The number of aliphatic hydroxyl groups excluding tert-OH is 1. The van der Waals surface area contributed by atoms with Crippen LogP contribution in [0.25, 0.3) is 0 Å². The van der Waals surface area contributed by atoms with Crippen molar-refractivity contribution >= 4 is 0 Å². The molecule has 2 unspecified atom stereocenters. The van der Waals surface area contributed by atoms with E-state index in [9.17, 15) is 9.50 Å². The first-order valence-electron chi connectivity index (χ1n) is 9.15. The second kappa shape index (κ2) is 8.28. The van der Waals surface area contributed by atoms with Crippen molar-refractivity contribution in [2.75, 3.05) is 20.2 Å². The van der Waals surface area contributed by atoms with Gasteiger partial charge in [0.2, 0.25) is 0 Å². The zero-order chi connectivity index (χ0) is 16.9. The van der Waals surface area contributed by atoms with E-state index in [2.05, 4.69) is 10.2 Å². The fraction of sp³-hybridized carbons (Fsp3) is 0.684. The van der Waals surface area contributed by atoms with Gasteiger partial charge in [-0.25, -0.2) is 4.39 Å². The van der Waals surface area contributed by atoms with Crippen LogP contribution in [0.1, 0.15) is 44.1 Å². The first kappa shape index (κ1) is 17.6. The van der Waals surface area contributed by atoms with E-state index in [0.29, 0.717) is 18.6 Å². The molecule has 1 heterocycles. The van der Waals surface area contributed by atoms with E-state index in [1.807, 2.05) is 6.07 Å². The molecule has 2 fully saturated rings. The molecular weight excluding hydrogens is 307 g/mol.